The second-order valence-corrected chi connectivity index (χ2v) is 6.01. The first-order valence-corrected chi connectivity index (χ1v) is 7.97. The maximum Gasteiger partial charge on any atom is 0.234 e. The summed E-state index contributed by atoms with van der Waals surface area (Å²) in [4.78, 5) is 14.1. The van der Waals surface area contributed by atoms with Crippen molar-refractivity contribution in [2.45, 2.75) is 39.8 Å². The fraction of sp³-hybridized carbons (Fsp3) is 0.444. The Morgan fingerprint density at radius 2 is 2.04 bits per heavy atom. The van der Waals surface area contributed by atoms with E-state index in [1.54, 1.807) is 0 Å². The lowest BCUT2D eigenvalue weighted by Crippen LogP contribution is -2.36. The predicted molar refractivity (Wildman–Crippen MR) is 90.0 cm³/mol. The van der Waals surface area contributed by atoms with E-state index in [0.29, 0.717) is 13.1 Å². The highest BCUT2D eigenvalue weighted by Gasteiger charge is 2.13. The van der Waals surface area contributed by atoms with E-state index >= 15 is 0 Å². The van der Waals surface area contributed by atoms with Crippen molar-refractivity contribution in [1.29, 1.82) is 0 Å². The molecule has 0 aliphatic carbocycles. The number of carbonyl (C=O) groups excluding carboxylic acids is 1. The minimum Gasteiger partial charge on any atom is -0.360 e. The molecule has 0 unspecified atom stereocenters. The molecule has 2 aromatic rings. The lowest BCUT2D eigenvalue weighted by molar-refractivity contribution is -0.122. The number of rotatable bonds is 7. The van der Waals surface area contributed by atoms with Crippen LogP contribution in [0.1, 0.15) is 42.5 Å². The molecule has 2 rings (SSSR count). The van der Waals surface area contributed by atoms with Gasteiger partial charge in [-0.1, -0.05) is 41.9 Å². The van der Waals surface area contributed by atoms with Gasteiger partial charge in [0.15, 0.2) is 5.76 Å². The molecule has 5 nitrogen and oxygen atoms in total. The van der Waals surface area contributed by atoms with E-state index in [-0.39, 0.29) is 11.9 Å². The molecule has 0 bridgehead atoms. The lowest BCUT2D eigenvalue weighted by atomic mass is 10.1. The minimum absolute atomic E-state index is 0.00388. The van der Waals surface area contributed by atoms with Crippen molar-refractivity contribution >= 4 is 5.91 Å². The van der Waals surface area contributed by atoms with Crippen molar-refractivity contribution < 1.29 is 9.32 Å². The van der Waals surface area contributed by atoms with Crippen molar-refractivity contribution in [1.82, 2.24) is 15.4 Å². The van der Waals surface area contributed by atoms with Gasteiger partial charge in [-0.25, -0.2) is 0 Å². The summed E-state index contributed by atoms with van der Waals surface area (Å²) < 4.78 is 5.25. The van der Waals surface area contributed by atoms with E-state index < -0.39 is 0 Å². The van der Waals surface area contributed by atoms with Crippen molar-refractivity contribution in [3.8, 4) is 0 Å². The summed E-state index contributed by atoms with van der Waals surface area (Å²) in [6.07, 6.45) is 0.849. The van der Waals surface area contributed by atoms with Gasteiger partial charge in [0.25, 0.3) is 0 Å². The Balaban J connectivity index is 1.82. The molecular formula is C18H25N3O2. The highest BCUT2D eigenvalue weighted by molar-refractivity contribution is 5.78. The van der Waals surface area contributed by atoms with Crippen molar-refractivity contribution in [3.05, 3.63) is 52.9 Å². The Morgan fingerprint density at radius 1 is 1.35 bits per heavy atom. The van der Waals surface area contributed by atoms with Crippen LogP contribution in [0, 0.1) is 6.92 Å². The molecule has 0 fully saturated rings. The van der Waals surface area contributed by atoms with Crippen LogP contribution >= 0.6 is 0 Å². The number of carbonyl (C=O) groups is 1. The first-order chi connectivity index (χ1) is 11.0. The first kappa shape index (κ1) is 17.2. The van der Waals surface area contributed by atoms with E-state index in [1.807, 2.05) is 44.0 Å². The third-order valence-electron chi connectivity index (χ3n) is 3.76. The minimum atomic E-state index is -0.00604. The van der Waals surface area contributed by atoms with Gasteiger partial charge in [-0.3, -0.25) is 9.69 Å². The maximum absolute atomic E-state index is 12.2. The molecule has 23 heavy (non-hydrogen) atoms. The maximum atomic E-state index is 12.2. The standard InChI is InChI=1S/C18H25N3O2/c1-5-16-10-17(23-20-16)11-21(4)12-18(22)19-14(3)15-8-6-13(2)7-9-15/h6-10,14H,5,11-12H2,1-4H3,(H,19,22)/t14-/m0/s1. The zero-order valence-corrected chi connectivity index (χ0v) is 14.3. The topological polar surface area (TPSA) is 58.4 Å². The molecule has 1 aromatic heterocycles. The number of hydrogen-bond acceptors (Lipinski definition) is 4. The Morgan fingerprint density at radius 3 is 2.65 bits per heavy atom. The van der Waals surface area contributed by atoms with Crippen molar-refractivity contribution in [3.63, 3.8) is 0 Å². The monoisotopic (exact) mass is 315 g/mol. The Hall–Kier alpha value is -2.14. The molecule has 124 valence electrons. The molecule has 1 amide bonds. The van der Waals surface area contributed by atoms with Crippen LogP contribution in [0.2, 0.25) is 0 Å². The summed E-state index contributed by atoms with van der Waals surface area (Å²) in [5.41, 5.74) is 3.26. The van der Waals surface area contributed by atoms with Crippen LogP contribution in [0.3, 0.4) is 0 Å². The average molecular weight is 315 g/mol. The Bertz CT molecular complexity index is 634. The van der Waals surface area contributed by atoms with E-state index in [1.165, 1.54) is 5.56 Å². The largest absolute Gasteiger partial charge is 0.360 e. The van der Waals surface area contributed by atoms with Gasteiger partial charge in [0.1, 0.15) is 0 Å². The van der Waals surface area contributed by atoms with Crippen LogP contribution in [-0.4, -0.2) is 29.6 Å². The van der Waals surface area contributed by atoms with E-state index in [2.05, 4.69) is 29.5 Å². The molecular weight excluding hydrogens is 290 g/mol. The van der Waals surface area contributed by atoms with E-state index in [4.69, 9.17) is 4.52 Å². The lowest BCUT2D eigenvalue weighted by Gasteiger charge is -2.18. The summed E-state index contributed by atoms with van der Waals surface area (Å²) in [6, 6.07) is 10.1. The summed E-state index contributed by atoms with van der Waals surface area (Å²) in [6.45, 7) is 6.96. The number of nitrogens with one attached hydrogen (secondary N) is 1. The van der Waals surface area contributed by atoms with Gasteiger partial charge in [-0.05, 0) is 32.9 Å². The number of hydrogen-bond donors (Lipinski definition) is 1. The summed E-state index contributed by atoms with van der Waals surface area (Å²) >= 11 is 0. The molecule has 0 radical (unpaired) electrons. The van der Waals surface area contributed by atoms with Crippen molar-refractivity contribution in [2.75, 3.05) is 13.6 Å². The zero-order valence-electron chi connectivity index (χ0n) is 14.3. The van der Waals surface area contributed by atoms with Crippen LogP contribution in [0.4, 0.5) is 0 Å². The highest BCUT2D eigenvalue weighted by atomic mass is 16.5. The van der Waals surface area contributed by atoms with Crippen LogP contribution in [0.25, 0.3) is 0 Å². The van der Waals surface area contributed by atoms with Gasteiger partial charge in [-0.15, -0.1) is 0 Å². The Labute approximate surface area is 137 Å². The third-order valence-corrected chi connectivity index (χ3v) is 3.76. The van der Waals surface area contributed by atoms with Gasteiger partial charge < -0.3 is 9.84 Å². The SMILES string of the molecule is CCc1cc(CN(C)CC(=O)N[C@@H](C)c2ccc(C)cc2)on1. The summed E-state index contributed by atoms with van der Waals surface area (Å²) in [7, 11) is 1.89. The summed E-state index contributed by atoms with van der Waals surface area (Å²) in [5.74, 6) is 0.777. The second kappa shape index (κ2) is 7.92. The molecule has 0 saturated carbocycles. The Kier molecular flexibility index (Phi) is 5.93. The fourth-order valence-electron chi connectivity index (χ4n) is 2.39. The second-order valence-electron chi connectivity index (χ2n) is 6.01. The molecule has 1 heterocycles. The van der Waals surface area contributed by atoms with Gasteiger partial charge in [0.2, 0.25) is 5.91 Å². The fourth-order valence-corrected chi connectivity index (χ4v) is 2.39. The van der Waals surface area contributed by atoms with Gasteiger partial charge in [0, 0.05) is 6.07 Å². The van der Waals surface area contributed by atoms with Gasteiger partial charge in [-0.2, -0.15) is 0 Å². The molecule has 0 spiro atoms. The molecule has 0 aliphatic heterocycles. The zero-order chi connectivity index (χ0) is 16.8. The van der Waals surface area contributed by atoms with Gasteiger partial charge >= 0.3 is 0 Å². The average Bonchev–Trinajstić information content (AvgIpc) is 2.95. The number of aryl methyl sites for hydroxylation is 2. The smallest absolute Gasteiger partial charge is 0.234 e. The number of nitrogens with zero attached hydrogens (tertiary/aromatic N) is 2. The van der Waals surface area contributed by atoms with Crippen LogP contribution in [0.5, 0.6) is 0 Å². The molecule has 5 heteroatoms. The van der Waals surface area contributed by atoms with Crippen LogP contribution in [-0.2, 0) is 17.8 Å². The highest BCUT2D eigenvalue weighted by Crippen LogP contribution is 2.13. The molecule has 1 atom stereocenters. The van der Waals surface area contributed by atoms with Gasteiger partial charge in [0.05, 0.1) is 24.8 Å². The number of benzene rings is 1. The first-order valence-electron chi connectivity index (χ1n) is 7.97. The van der Waals surface area contributed by atoms with Crippen LogP contribution < -0.4 is 5.32 Å². The van der Waals surface area contributed by atoms with E-state index in [9.17, 15) is 4.79 Å². The molecule has 1 aromatic carbocycles. The van der Waals surface area contributed by atoms with Crippen molar-refractivity contribution in [2.24, 2.45) is 0 Å². The number of aromatic nitrogens is 1. The number of likely N-dealkylation sites (N-methyl/N-ethyl adjacent to an activating group) is 1. The molecule has 1 N–H and O–H groups in total. The third kappa shape index (κ3) is 5.21. The quantitative estimate of drug-likeness (QED) is 0.853. The summed E-state index contributed by atoms with van der Waals surface area (Å²) in [5, 5.41) is 6.98. The molecule has 0 aliphatic rings. The normalized spacial score (nSPS) is 12.4. The van der Waals surface area contributed by atoms with E-state index in [0.717, 1.165) is 23.4 Å². The predicted octanol–water partition coefficient (Wildman–Crippen LogP) is 2.85. The number of amides is 1. The molecule has 0 saturated heterocycles. The van der Waals surface area contributed by atoms with Crippen LogP contribution in [0.15, 0.2) is 34.9 Å².